The number of pyridine rings is 1. The number of carboxylic acid groups (broad SMARTS) is 1. The molecule has 0 unspecified atom stereocenters. The zero-order chi connectivity index (χ0) is 9.84. The summed E-state index contributed by atoms with van der Waals surface area (Å²) in [5, 5.41) is 8.57. The van der Waals surface area contributed by atoms with Gasteiger partial charge in [0.05, 0.1) is 5.56 Å². The van der Waals surface area contributed by atoms with Crippen LogP contribution in [0.2, 0.25) is 0 Å². The fourth-order valence-electron chi connectivity index (χ4n) is 0.786. The summed E-state index contributed by atoms with van der Waals surface area (Å²) in [6.45, 7) is 0. The van der Waals surface area contributed by atoms with E-state index in [-0.39, 0.29) is 11.4 Å². The highest BCUT2D eigenvalue weighted by molar-refractivity contribution is 5.96. The lowest BCUT2D eigenvalue weighted by molar-refractivity contribution is 0.0696. The lowest BCUT2D eigenvalue weighted by atomic mass is 10.2. The van der Waals surface area contributed by atoms with Crippen LogP contribution in [0.25, 0.3) is 0 Å². The van der Waals surface area contributed by atoms with E-state index in [0.717, 1.165) is 0 Å². The van der Waals surface area contributed by atoms with Gasteiger partial charge in [-0.05, 0) is 12.1 Å². The summed E-state index contributed by atoms with van der Waals surface area (Å²) in [5.74, 6) is -0.719. The molecule has 0 spiro atoms. The van der Waals surface area contributed by atoms with Crippen LogP contribution in [0.3, 0.4) is 0 Å². The predicted octanol–water partition coefficient (Wildman–Crippen LogP) is 0.115. The van der Waals surface area contributed by atoms with Crippen LogP contribution in [0.4, 0.5) is 0 Å². The molecule has 0 aromatic carbocycles. The van der Waals surface area contributed by atoms with Gasteiger partial charge in [0.2, 0.25) is 0 Å². The highest BCUT2D eigenvalue weighted by Crippen LogP contribution is 1.99. The lowest BCUT2D eigenvalue weighted by Crippen LogP contribution is -2.15. The van der Waals surface area contributed by atoms with Crippen molar-refractivity contribution in [2.24, 2.45) is 10.7 Å². The van der Waals surface area contributed by atoms with Crippen LogP contribution < -0.4 is 5.73 Å². The first-order chi connectivity index (χ1) is 6.15. The second kappa shape index (κ2) is 3.66. The number of nitrogens with zero attached hydrogens (tertiary/aromatic N) is 2. The summed E-state index contributed by atoms with van der Waals surface area (Å²) in [6.07, 6.45) is 1.25. The third-order valence-corrected chi connectivity index (χ3v) is 1.51. The molecule has 1 aromatic rings. The van der Waals surface area contributed by atoms with E-state index in [4.69, 9.17) is 10.8 Å². The molecule has 0 saturated carbocycles. The molecule has 5 heteroatoms. The molecule has 5 nitrogen and oxygen atoms in total. The van der Waals surface area contributed by atoms with E-state index in [1.165, 1.54) is 18.3 Å². The Bertz CT molecular complexity index is 343. The van der Waals surface area contributed by atoms with Crippen molar-refractivity contribution in [1.82, 2.24) is 4.98 Å². The maximum Gasteiger partial charge on any atom is 0.337 e. The number of carbonyl (C=O) groups is 1. The number of hydrogen-bond acceptors (Lipinski definition) is 3. The number of aromatic nitrogens is 1. The molecule has 13 heavy (non-hydrogen) atoms. The van der Waals surface area contributed by atoms with E-state index in [1.807, 2.05) is 0 Å². The molecule has 0 aliphatic heterocycles. The van der Waals surface area contributed by atoms with Crippen LogP contribution >= 0.6 is 0 Å². The van der Waals surface area contributed by atoms with Crippen LogP contribution in [0.15, 0.2) is 23.3 Å². The van der Waals surface area contributed by atoms with Crippen LogP contribution in [-0.2, 0) is 0 Å². The Morgan fingerprint density at radius 2 is 2.31 bits per heavy atom. The Labute approximate surface area is 74.9 Å². The largest absolute Gasteiger partial charge is 0.478 e. The molecule has 1 aromatic heterocycles. The minimum absolute atomic E-state index is 0.132. The van der Waals surface area contributed by atoms with Crippen molar-refractivity contribution < 1.29 is 9.90 Å². The Balaban J connectivity index is 3.00. The van der Waals surface area contributed by atoms with Gasteiger partial charge >= 0.3 is 5.97 Å². The number of aliphatic imine (C=N–C) groups is 1. The van der Waals surface area contributed by atoms with Crippen molar-refractivity contribution in [2.45, 2.75) is 0 Å². The molecule has 1 heterocycles. The summed E-state index contributed by atoms with van der Waals surface area (Å²) in [5.41, 5.74) is 6.07. The minimum Gasteiger partial charge on any atom is -0.478 e. The Hall–Kier alpha value is -1.91. The smallest absolute Gasteiger partial charge is 0.337 e. The van der Waals surface area contributed by atoms with E-state index >= 15 is 0 Å². The van der Waals surface area contributed by atoms with Gasteiger partial charge in [0, 0.05) is 13.2 Å². The van der Waals surface area contributed by atoms with Crippen LogP contribution in [0, 0.1) is 0 Å². The highest BCUT2D eigenvalue weighted by atomic mass is 16.4. The van der Waals surface area contributed by atoms with Gasteiger partial charge in [0.1, 0.15) is 11.5 Å². The van der Waals surface area contributed by atoms with Gasteiger partial charge in [-0.25, -0.2) is 4.79 Å². The van der Waals surface area contributed by atoms with Crippen molar-refractivity contribution in [3.63, 3.8) is 0 Å². The second-order valence-electron chi connectivity index (χ2n) is 2.35. The van der Waals surface area contributed by atoms with Gasteiger partial charge < -0.3 is 10.8 Å². The van der Waals surface area contributed by atoms with Gasteiger partial charge in [-0.1, -0.05) is 0 Å². The second-order valence-corrected chi connectivity index (χ2v) is 2.35. The van der Waals surface area contributed by atoms with Gasteiger partial charge in [-0.2, -0.15) is 0 Å². The van der Waals surface area contributed by atoms with E-state index in [1.54, 1.807) is 7.05 Å². The molecule has 68 valence electrons. The minimum atomic E-state index is -1.01. The summed E-state index contributed by atoms with van der Waals surface area (Å²) in [7, 11) is 1.54. The molecular weight excluding hydrogens is 170 g/mol. The molecular formula is C8H9N3O2. The lowest BCUT2D eigenvalue weighted by Gasteiger charge is -1.98. The summed E-state index contributed by atoms with van der Waals surface area (Å²) >= 11 is 0. The first-order valence-electron chi connectivity index (χ1n) is 3.57. The molecule has 0 fully saturated rings. The standard InChI is InChI=1S/C8H9N3O2/c1-10-7(9)6-3-2-5(4-11-6)8(12)13/h2-4H,1H3,(H2,9,10)(H,12,13). The Morgan fingerprint density at radius 3 is 2.69 bits per heavy atom. The van der Waals surface area contributed by atoms with Crippen molar-refractivity contribution >= 4 is 11.8 Å². The van der Waals surface area contributed by atoms with Crippen molar-refractivity contribution in [3.05, 3.63) is 29.6 Å². The number of hydrogen-bond donors (Lipinski definition) is 2. The van der Waals surface area contributed by atoms with Crippen LogP contribution in [0.1, 0.15) is 16.1 Å². The Morgan fingerprint density at radius 1 is 1.62 bits per heavy atom. The van der Waals surface area contributed by atoms with Crippen LogP contribution in [-0.4, -0.2) is 28.9 Å². The quantitative estimate of drug-likeness (QED) is 0.498. The average Bonchev–Trinajstić information content (AvgIpc) is 2.17. The van der Waals surface area contributed by atoms with E-state index < -0.39 is 5.97 Å². The topological polar surface area (TPSA) is 88.6 Å². The molecule has 3 N–H and O–H groups in total. The fourth-order valence-corrected chi connectivity index (χ4v) is 0.786. The summed E-state index contributed by atoms with van der Waals surface area (Å²) in [4.78, 5) is 18.0. The number of carboxylic acids is 1. The van der Waals surface area contributed by atoms with E-state index in [0.29, 0.717) is 5.69 Å². The van der Waals surface area contributed by atoms with Crippen molar-refractivity contribution in [1.29, 1.82) is 0 Å². The van der Waals surface area contributed by atoms with Gasteiger partial charge in [0.25, 0.3) is 0 Å². The molecule has 0 radical (unpaired) electrons. The third kappa shape index (κ3) is 2.02. The summed E-state index contributed by atoms with van der Waals surface area (Å²) in [6, 6.07) is 2.95. The van der Waals surface area contributed by atoms with Crippen LogP contribution in [0.5, 0.6) is 0 Å². The Kier molecular flexibility index (Phi) is 2.59. The molecule has 0 saturated heterocycles. The molecule has 0 aliphatic carbocycles. The fraction of sp³-hybridized carbons (Fsp3) is 0.125. The molecule has 0 aliphatic rings. The highest BCUT2D eigenvalue weighted by Gasteiger charge is 2.03. The van der Waals surface area contributed by atoms with Crippen molar-refractivity contribution in [2.75, 3.05) is 7.05 Å². The summed E-state index contributed by atoms with van der Waals surface area (Å²) < 4.78 is 0. The zero-order valence-electron chi connectivity index (χ0n) is 7.06. The predicted molar refractivity (Wildman–Crippen MR) is 47.8 cm³/mol. The molecule has 0 atom stereocenters. The van der Waals surface area contributed by atoms with Gasteiger partial charge in [0.15, 0.2) is 0 Å². The molecule has 0 bridgehead atoms. The maximum atomic E-state index is 10.5. The number of amidine groups is 1. The molecule has 0 amide bonds. The van der Waals surface area contributed by atoms with Gasteiger partial charge in [-0.3, -0.25) is 9.98 Å². The zero-order valence-corrected chi connectivity index (χ0v) is 7.06. The molecule has 1 rings (SSSR count). The number of rotatable bonds is 2. The number of aromatic carboxylic acids is 1. The van der Waals surface area contributed by atoms with E-state index in [9.17, 15) is 4.79 Å². The van der Waals surface area contributed by atoms with Crippen molar-refractivity contribution in [3.8, 4) is 0 Å². The number of nitrogens with two attached hydrogens (primary N) is 1. The average molecular weight is 179 g/mol. The monoisotopic (exact) mass is 179 g/mol. The van der Waals surface area contributed by atoms with E-state index in [2.05, 4.69) is 9.98 Å². The maximum absolute atomic E-state index is 10.5. The SMILES string of the molecule is CN=C(N)c1ccc(C(=O)O)cn1. The third-order valence-electron chi connectivity index (χ3n) is 1.51. The first-order valence-corrected chi connectivity index (χ1v) is 3.57. The first kappa shape index (κ1) is 9.18. The van der Waals surface area contributed by atoms with Gasteiger partial charge in [-0.15, -0.1) is 0 Å². The normalized spacial score (nSPS) is 11.3.